The summed E-state index contributed by atoms with van der Waals surface area (Å²) < 4.78 is 24.2. The molecule has 0 bridgehead atoms. The predicted octanol–water partition coefficient (Wildman–Crippen LogP) is 3.01. The zero-order valence-electron chi connectivity index (χ0n) is 16.4. The summed E-state index contributed by atoms with van der Waals surface area (Å²) in [7, 11) is 1.53. The number of likely N-dealkylation sites (tertiary alicyclic amines) is 1. The van der Waals surface area contributed by atoms with Crippen LogP contribution in [0.1, 0.15) is 29.6 Å². The molecule has 1 aliphatic heterocycles. The van der Waals surface area contributed by atoms with E-state index in [2.05, 4.69) is 0 Å². The molecule has 0 unspecified atom stereocenters. The number of hydrogen-bond acceptors (Lipinski definition) is 4. The van der Waals surface area contributed by atoms with Crippen LogP contribution in [-0.2, 0) is 4.79 Å². The number of ether oxygens (including phenoxy) is 2. The van der Waals surface area contributed by atoms with Crippen molar-refractivity contribution in [2.45, 2.75) is 19.3 Å². The number of nitrogens with zero attached hydrogens (tertiary/aromatic N) is 1. The van der Waals surface area contributed by atoms with E-state index in [1.807, 2.05) is 6.07 Å². The molecule has 2 amide bonds. The Morgan fingerprint density at radius 2 is 1.76 bits per heavy atom. The van der Waals surface area contributed by atoms with E-state index in [1.54, 1.807) is 35.2 Å². The molecule has 1 saturated heterocycles. The quantitative estimate of drug-likeness (QED) is 0.775. The van der Waals surface area contributed by atoms with Gasteiger partial charge < -0.3 is 20.1 Å². The van der Waals surface area contributed by atoms with Crippen molar-refractivity contribution in [3.63, 3.8) is 0 Å². The van der Waals surface area contributed by atoms with Gasteiger partial charge in [-0.25, -0.2) is 4.39 Å². The van der Waals surface area contributed by atoms with Gasteiger partial charge in [0.1, 0.15) is 17.3 Å². The lowest BCUT2D eigenvalue weighted by Crippen LogP contribution is -2.47. The van der Waals surface area contributed by atoms with Gasteiger partial charge in [-0.1, -0.05) is 12.1 Å². The number of halogens is 1. The average Bonchev–Trinajstić information content (AvgIpc) is 2.73. The van der Waals surface area contributed by atoms with Crippen molar-refractivity contribution in [2.24, 2.45) is 11.1 Å². The van der Waals surface area contributed by atoms with E-state index in [-0.39, 0.29) is 24.8 Å². The standard InChI is InChI=1S/C22H25FN2O4/c1-28-19-5-3-2-4-18(19)21(27)25-12-10-22(11-13-25,14-20(24)26)15-29-17-8-6-16(23)7-9-17/h2-9H,10-15H2,1H3,(H2,24,26). The van der Waals surface area contributed by atoms with Crippen molar-refractivity contribution >= 4 is 11.8 Å². The third-order valence-electron chi connectivity index (χ3n) is 5.36. The highest BCUT2D eigenvalue weighted by atomic mass is 19.1. The van der Waals surface area contributed by atoms with Crippen LogP contribution in [0, 0.1) is 11.2 Å². The highest BCUT2D eigenvalue weighted by Crippen LogP contribution is 2.36. The average molecular weight is 400 g/mol. The zero-order chi connectivity index (χ0) is 20.9. The first-order valence-electron chi connectivity index (χ1n) is 9.51. The normalized spacial score (nSPS) is 15.6. The lowest BCUT2D eigenvalue weighted by Gasteiger charge is -2.41. The first kappa shape index (κ1) is 20.6. The van der Waals surface area contributed by atoms with Gasteiger partial charge in [-0.05, 0) is 49.2 Å². The first-order chi connectivity index (χ1) is 13.9. The molecule has 1 fully saturated rings. The number of amides is 2. The molecule has 1 heterocycles. The van der Waals surface area contributed by atoms with Crippen molar-refractivity contribution in [3.8, 4) is 11.5 Å². The number of nitrogens with two attached hydrogens (primary N) is 1. The summed E-state index contributed by atoms with van der Waals surface area (Å²) in [5.41, 5.74) is 5.53. The molecular formula is C22H25FN2O4. The highest BCUT2D eigenvalue weighted by molar-refractivity contribution is 5.97. The fourth-order valence-electron chi connectivity index (χ4n) is 3.68. The van der Waals surface area contributed by atoms with Gasteiger partial charge >= 0.3 is 0 Å². The highest BCUT2D eigenvalue weighted by Gasteiger charge is 2.38. The first-order valence-corrected chi connectivity index (χ1v) is 9.51. The Labute approximate surface area is 169 Å². The van der Waals surface area contributed by atoms with E-state index in [4.69, 9.17) is 15.2 Å². The van der Waals surface area contributed by atoms with Crippen molar-refractivity contribution in [3.05, 3.63) is 59.9 Å². The predicted molar refractivity (Wildman–Crippen MR) is 106 cm³/mol. The molecule has 29 heavy (non-hydrogen) atoms. The summed E-state index contributed by atoms with van der Waals surface area (Å²) in [5, 5.41) is 0. The molecule has 0 spiro atoms. The van der Waals surface area contributed by atoms with Crippen LogP contribution in [0.2, 0.25) is 0 Å². The monoisotopic (exact) mass is 400 g/mol. The number of rotatable bonds is 7. The summed E-state index contributed by atoms with van der Waals surface area (Å²) >= 11 is 0. The van der Waals surface area contributed by atoms with Crippen molar-refractivity contribution in [1.82, 2.24) is 4.90 Å². The Morgan fingerprint density at radius 3 is 2.38 bits per heavy atom. The fraction of sp³-hybridized carbons (Fsp3) is 0.364. The van der Waals surface area contributed by atoms with E-state index in [0.717, 1.165) is 0 Å². The summed E-state index contributed by atoms with van der Waals surface area (Å²) in [4.78, 5) is 26.3. The number of primary amides is 1. The van der Waals surface area contributed by atoms with Gasteiger partial charge in [0.15, 0.2) is 0 Å². The number of carbonyl (C=O) groups excluding carboxylic acids is 2. The van der Waals surface area contributed by atoms with Gasteiger partial charge in [-0.3, -0.25) is 9.59 Å². The largest absolute Gasteiger partial charge is 0.496 e. The molecule has 2 aromatic rings. The van der Waals surface area contributed by atoms with Crippen molar-refractivity contribution in [2.75, 3.05) is 26.8 Å². The Bertz CT molecular complexity index is 861. The molecule has 2 N–H and O–H groups in total. The van der Waals surface area contributed by atoms with Crippen molar-refractivity contribution < 1.29 is 23.5 Å². The Morgan fingerprint density at radius 1 is 1.10 bits per heavy atom. The minimum atomic E-state index is -0.461. The minimum absolute atomic E-state index is 0.102. The molecule has 154 valence electrons. The van der Waals surface area contributed by atoms with Crippen LogP contribution in [0.3, 0.4) is 0 Å². The molecular weight excluding hydrogens is 375 g/mol. The van der Waals surface area contributed by atoms with E-state index >= 15 is 0 Å². The Balaban J connectivity index is 1.68. The summed E-state index contributed by atoms with van der Waals surface area (Å²) in [6, 6.07) is 12.9. The molecule has 2 aromatic carbocycles. The molecule has 6 nitrogen and oxygen atoms in total. The molecule has 0 aromatic heterocycles. The maximum atomic E-state index is 13.1. The van der Waals surface area contributed by atoms with Crippen LogP contribution < -0.4 is 15.2 Å². The van der Waals surface area contributed by atoms with E-state index in [0.29, 0.717) is 43.0 Å². The van der Waals surface area contributed by atoms with E-state index in [1.165, 1.54) is 19.2 Å². The topological polar surface area (TPSA) is 81.9 Å². The van der Waals surface area contributed by atoms with E-state index < -0.39 is 11.3 Å². The second-order valence-electron chi connectivity index (χ2n) is 7.38. The van der Waals surface area contributed by atoms with Gasteiger partial charge in [-0.15, -0.1) is 0 Å². The molecule has 0 radical (unpaired) electrons. The Hall–Kier alpha value is -3.09. The fourth-order valence-corrected chi connectivity index (χ4v) is 3.68. The zero-order valence-corrected chi connectivity index (χ0v) is 16.4. The maximum Gasteiger partial charge on any atom is 0.257 e. The lowest BCUT2D eigenvalue weighted by atomic mass is 9.76. The summed E-state index contributed by atoms with van der Waals surface area (Å²) in [6.45, 7) is 1.24. The SMILES string of the molecule is COc1ccccc1C(=O)N1CCC(COc2ccc(F)cc2)(CC(N)=O)CC1. The lowest BCUT2D eigenvalue weighted by molar-refractivity contribution is -0.121. The van der Waals surface area contributed by atoms with Crippen LogP contribution in [0.25, 0.3) is 0 Å². The number of carbonyl (C=O) groups is 2. The second-order valence-corrected chi connectivity index (χ2v) is 7.38. The van der Waals surface area contributed by atoms with Crippen LogP contribution in [0.5, 0.6) is 11.5 Å². The van der Waals surface area contributed by atoms with Gasteiger partial charge in [0, 0.05) is 24.9 Å². The van der Waals surface area contributed by atoms with E-state index in [9.17, 15) is 14.0 Å². The number of methoxy groups -OCH3 is 1. The van der Waals surface area contributed by atoms with Crippen LogP contribution in [0.4, 0.5) is 4.39 Å². The van der Waals surface area contributed by atoms with Gasteiger partial charge in [0.25, 0.3) is 5.91 Å². The minimum Gasteiger partial charge on any atom is -0.496 e. The molecule has 1 aliphatic rings. The summed E-state index contributed by atoms with van der Waals surface area (Å²) in [6.07, 6.45) is 1.33. The van der Waals surface area contributed by atoms with Crippen LogP contribution >= 0.6 is 0 Å². The molecule has 0 atom stereocenters. The maximum absolute atomic E-state index is 13.1. The van der Waals surface area contributed by atoms with Crippen LogP contribution in [0.15, 0.2) is 48.5 Å². The van der Waals surface area contributed by atoms with Gasteiger partial charge in [0.2, 0.25) is 5.91 Å². The van der Waals surface area contributed by atoms with Gasteiger partial charge in [0.05, 0.1) is 19.3 Å². The molecule has 0 saturated carbocycles. The number of hydrogen-bond donors (Lipinski definition) is 1. The van der Waals surface area contributed by atoms with Crippen molar-refractivity contribution in [1.29, 1.82) is 0 Å². The second kappa shape index (κ2) is 8.94. The molecule has 0 aliphatic carbocycles. The Kier molecular flexibility index (Phi) is 6.36. The molecule has 7 heteroatoms. The molecule has 3 rings (SSSR count). The van der Waals surface area contributed by atoms with Crippen LogP contribution in [-0.4, -0.2) is 43.5 Å². The smallest absolute Gasteiger partial charge is 0.257 e. The summed E-state index contributed by atoms with van der Waals surface area (Å²) in [5.74, 6) is 0.216. The third kappa shape index (κ3) is 5.04. The van der Waals surface area contributed by atoms with Gasteiger partial charge in [-0.2, -0.15) is 0 Å². The number of para-hydroxylation sites is 1. The number of benzene rings is 2. The third-order valence-corrected chi connectivity index (χ3v) is 5.36. The number of piperidine rings is 1.